The molecule has 0 aliphatic rings. The summed E-state index contributed by atoms with van der Waals surface area (Å²) in [5, 5.41) is 4.99. The second-order valence-corrected chi connectivity index (χ2v) is 5.28. The van der Waals surface area contributed by atoms with E-state index in [0.29, 0.717) is 6.42 Å². The fraction of sp³-hybridized carbons (Fsp3) is 0.545. The number of carbonyl (C=O) groups excluding carboxylic acids is 1. The first-order chi connectivity index (χ1) is 6.92. The van der Waals surface area contributed by atoms with Crippen LogP contribution in [-0.2, 0) is 10.3 Å². The average molecular weight is 226 g/mol. The molecule has 0 aliphatic heterocycles. The number of carbonyl (C=O) groups is 1. The predicted molar refractivity (Wildman–Crippen MR) is 63.8 cm³/mol. The maximum absolute atomic E-state index is 11.6. The third-order valence-corrected chi connectivity index (χ3v) is 3.29. The Morgan fingerprint density at radius 3 is 2.80 bits per heavy atom. The van der Waals surface area contributed by atoms with Gasteiger partial charge >= 0.3 is 0 Å². The fourth-order valence-electron chi connectivity index (χ4n) is 1.39. The Bertz CT molecular complexity index is 317. The normalized spacial score (nSPS) is 13.6. The van der Waals surface area contributed by atoms with Gasteiger partial charge in [0.1, 0.15) is 0 Å². The molecule has 4 heteroatoms. The highest BCUT2D eigenvalue weighted by Crippen LogP contribution is 2.24. The topological polar surface area (TPSA) is 55.1 Å². The minimum absolute atomic E-state index is 0.00315. The summed E-state index contributed by atoms with van der Waals surface area (Å²) < 4.78 is 0. The summed E-state index contributed by atoms with van der Waals surface area (Å²) in [5.41, 5.74) is 5.27. The summed E-state index contributed by atoms with van der Waals surface area (Å²) in [4.78, 5) is 12.7. The van der Waals surface area contributed by atoms with Crippen LogP contribution in [0.2, 0.25) is 0 Å². The molecule has 0 radical (unpaired) electrons. The number of amides is 1. The number of nitrogens with two attached hydrogens (primary N) is 1. The second kappa shape index (κ2) is 4.77. The molecule has 3 nitrogen and oxygen atoms in total. The molecule has 0 fully saturated rings. The first-order valence-corrected chi connectivity index (χ1v) is 5.90. The van der Waals surface area contributed by atoms with E-state index in [1.165, 1.54) is 0 Å². The van der Waals surface area contributed by atoms with Crippen LogP contribution in [-0.4, -0.2) is 11.9 Å². The van der Waals surface area contributed by atoms with E-state index in [9.17, 15) is 4.79 Å². The molecule has 1 rings (SSSR count). The molecule has 3 N–H and O–H groups in total. The maximum Gasteiger partial charge on any atom is 0.222 e. The van der Waals surface area contributed by atoms with E-state index < -0.39 is 0 Å². The van der Waals surface area contributed by atoms with Crippen molar-refractivity contribution in [2.24, 2.45) is 5.73 Å². The van der Waals surface area contributed by atoms with Crippen LogP contribution in [0.5, 0.6) is 0 Å². The third-order valence-electron chi connectivity index (χ3n) is 2.10. The largest absolute Gasteiger partial charge is 0.346 e. The fourth-order valence-corrected chi connectivity index (χ4v) is 2.19. The van der Waals surface area contributed by atoms with E-state index in [2.05, 4.69) is 5.32 Å². The van der Waals surface area contributed by atoms with Gasteiger partial charge in [-0.3, -0.25) is 4.79 Å². The zero-order chi connectivity index (χ0) is 11.5. The summed E-state index contributed by atoms with van der Waals surface area (Å²) in [6, 6.07) is 3.92. The van der Waals surface area contributed by atoms with Gasteiger partial charge in [-0.25, -0.2) is 0 Å². The van der Waals surface area contributed by atoms with Gasteiger partial charge in [0.05, 0.1) is 5.54 Å². The van der Waals surface area contributed by atoms with Crippen molar-refractivity contribution in [3.05, 3.63) is 22.4 Å². The summed E-state index contributed by atoms with van der Waals surface area (Å²) in [6.07, 6.45) is 0.370. The van der Waals surface area contributed by atoms with Gasteiger partial charge in [-0.1, -0.05) is 6.07 Å². The lowest BCUT2D eigenvalue weighted by atomic mass is 10.0. The lowest BCUT2D eigenvalue weighted by Crippen LogP contribution is -2.42. The van der Waals surface area contributed by atoms with Crippen LogP contribution in [0.3, 0.4) is 0 Å². The van der Waals surface area contributed by atoms with Crippen molar-refractivity contribution in [3.8, 4) is 0 Å². The van der Waals surface area contributed by atoms with E-state index in [-0.39, 0.29) is 17.5 Å². The van der Waals surface area contributed by atoms with E-state index in [1.54, 1.807) is 11.3 Å². The lowest BCUT2D eigenvalue weighted by molar-refractivity contribution is -0.123. The van der Waals surface area contributed by atoms with Crippen LogP contribution in [0.1, 0.15) is 32.1 Å². The highest BCUT2D eigenvalue weighted by atomic mass is 32.1. The molecular formula is C11H18N2OS. The molecule has 1 atom stereocenters. The summed E-state index contributed by atoms with van der Waals surface area (Å²) in [5.74, 6) is 0.00315. The molecule has 0 bridgehead atoms. The van der Waals surface area contributed by atoms with Crippen LogP contribution < -0.4 is 11.1 Å². The highest BCUT2D eigenvalue weighted by Gasteiger charge is 2.23. The van der Waals surface area contributed by atoms with Crippen LogP contribution in [0, 0.1) is 0 Å². The summed E-state index contributed by atoms with van der Waals surface area (Å²) in [6.45, 7) is 5.83. The first kappa shape index (κ1) is 12.2. The number of hydrogen-bond donors (Lipinski definition) is 2. The molecule has 84 valence electrons. The Hall–Kier alpha value is -0.870. The molecule has 0 spiro atoms. The zero-order valence-corrected chi connectivity index (χ0v) is 10.2. The van der Waals surface area contributed by atoms with Gasteiger partial charge in [0.2, 0.25) is 5.91 Å². The van der Waals surface area contributed by atoms with Gasteiger partial charge in [0.15, 0.2) is 0 Å². The quantitative estimate of drug-likeness (QED) is 0.823. The van der Waals surface area contributed by atoms with Crippen molar-refractivity contribution in [3.63, 3.8) is 0 Å². The predicted octanol–water partition coefficient (Wildman–Crippen LogP) is 1.84. The summed E-state index contributed by atoms with van der Waals surface area (Å²) >= 11 is 1.64. The van der Waals surface area contributed by atoms with E-state index >= 15 is 0 Å². The summed E-state index contributed by atoms with van der Waals surface area (Å²) in [7, 11) is 0. The Morgan fingerprint density at radius 1 is 1.67 bits per heavy atom. The Kier molecular flexibility index (Phi) is 3.88. The smallest absolute Gasteiger partial charge is 0.222 e. The van der Waals surface area contributed by atoms with Crippen LogP contribution in [0.15, 0.2) is 17.5 Å². The van der Waals surface area contributed by atoms with Crippen molar-refractivity contribution in [1.82, 2.24) is 5.32 Å². The van der Waals surface area contributed by atoms with Crippen molar-refractivity contribution < 1.29 is 4.79 Å². The van der Waals surface area contributed by atoms with Crippen LogP contribution in [0.4, 0.5) is 0 Å². The SMILES string of the molecule is CC(N)CC(=O)NC(C)(C)c1cccs1. The number of hydrogen-bond acceptors (Lipinski definition) is 3. The number of rotatable bonds is 4. The number of thiophene rings is 1. The van der Waals surface area contributed by atoms with Gasteiger partial charge in [0.25, 0.3) is 0 Å². The Balaban J connectivity index is 2.61. The number of nitrogens with one attached hydrogen (secondary N) is 1. The second-order valence-electron chi connectivity index (χ2n) is 4.33. The molecule has 1 aromatic rings. The van der Waals surface area contributed by atoms with Crippen LogP contribution >= 0.6 is 11.3 Å². The van der Waals surface area contributed by atoms with Crippen molar-refractivity contribution >= 4 is 17.2 Å². The van der Waals surface area contributed by atoms with Crippen molar-refractivity contribution in [2.45, 2.75) is 38.8 Å². The molecule has 0 saturated heterocycles. The minimum atomic E-state index is -0.305. The Morgan fingerprint density at radius 2 is 2.33 bits per heavy atom. The molecule has 0 aromatic carbocycles. The van der Waals surface area contributed by atoms with Gasteiger partial charge in [-0.2, -0.15) is 0 Å². The van der Waals surface area contributed by atoms with Gasteiger partial charge in [-0.15, -0.1) is 11.3 Å². The molecule has 15 heavy (non-hydrogen) atoms. The average Bonchev–Trinajstić information content (AvgIpc) is 2.51. The van der Waals surface area contributed by atoms with Crippen molar-refractivity contribution in [2.75, 3.05) is 0 Å². The minimum Gasteiger partial charge on any atom is -0.346 e. The molecular weight excluding hydrogens is 208 g/mol. The molecule has 1 unspecified atom stereocenters. The van der Waals surface area contributed by atoms with Gasteiger partial charge < -0.3 is 11.1 Å². The molecule has 1 aromatic heterocycles. The van der Waals surface area contributed by atoms with Crippen molar-refractivity contribution in [1.29, 1.82) is 0 Å². The standard InChI is InChI=1S/C11H18N2OS/c1-8(12)7-10(14)13-11(2,3)9-5-4-6-15-9/h4-6,8H,7,12H2,1-3H3,(H,13,14). The van der Waals surface area contributed by atoms with E-state index in [1.807, 2.05) is 38.3 Å². The molecule has 1 amide bonds. The van der Waals surface area contributed by atoms with Gasteiger partial charge in [-0.05, 0) is 32.2 Å². The third kappa shape index (κ3) is 3.64. The Labute approximate surface area is 94.7 Å². The van der Waals surface area contributed by atoms with Crippen LogP contribution in [0.25, 0.3) is 0 Å². The molecule has 0 saturated carbocycles. The first-order valence-electron chi connectivity index (χ1n) is 5.02. The van der Waals surface area contributed by atoms with E-state index in [4.69, 9.17) is 5.73 Å². The monoisotopic (exact) mass is 226 g/mol. The van der Waals surface area contributed by atoms with E-state index in [0.717, 1.165) is 4.88 Å². The maximum atomic E-state index is 11.6. The van der Waals surface area contributed by atoms with Gasteiger partial charge in [0, 0.05) is 17.3 Å². The molecule has 1 heterocycles. The zero-order valence-electron chi connectivity index (χ0n) is 9.41. The molecule has 0 aliphatic carbocycles. The highest BCUT2D eigenvalue weighted by molar-refractivity contribution is 7.10. The lowest BCUT2D eigenvalue weighted by Gasteiger charge is -2.25.